The SMILES string of the molecule is CN1N=NC(C(C)(C)C)C12N(C)N=NN2C. The predicted octanol–water partition coefficient (Wildman–Crippen LogP) is 1.53. The minimum absolute atomic E-state index is 0.00463. The number of rotatable bonds is 0. The molecule has 7 heteroatoms. The molecule has 0 saturated carbocycles. The van der Waals surface area contributed by atoms with Crippen LogP contribution in [0.3, 0.4) is 0 Å². The number of hydrogen-bond donors (Lipinski definition) is 0. The maximum Gasteiger partial charge on any atom is 0.265 e. The molecule has 0 fully saturated rings. The van der Waals surface area contributed by atoms with Gasteiger partial charge in [0.15, 0.2) is 0 Å². The van der Waals surface area contributed by atoms with Gasteiger partial charge in [0.1, 0.15) is 6.04 Å². The van der Waals surface area contributed by atoms with E-state index >= 15 is 0 Å². The van der Waals surface area contributed by atoms with E-state index in [1.165, 1.54) is 0 Å². The molecule has 16 heavy (non-hydrogen) atoms. The van der Waals surface area contributed by atoms with Crippen molar-refractivity contribution in [3.63, 3.8) is 0 Å². The number of likely N-dealkylation sites (N-methyl/N-ethyl adjacent to an activating group) is 3. The molecule has 2 rings (SSSR count). The Hall–Kier alpha value is -1.40. The van der Waals surface area contributed by atoms with Gasteiger partial charge in [0.2, 0.25) is 0 Å². The Labute approximate surface area is 95.7 Å². The van der Waals surface area contributed by atoms with Gasteiger partial charge in [0, 0.05) is 21.1 Å². The Morgan fingerprint density at radius 3 is 1.75 bits per heavy atom. The maximum atomic E-state index is 4.37. The number of nitrogens with zero attached hydrogens (tertiary/aromatic N) is 7. The van der Waals surface area contributed by atoms with Gasteiger partial charge >= 0.3 is 0 Å². The Bertz CT molecular complexity index is 322. The van der Waals surface area contributed by atoms with Gasteiger partial charge in [0.25, 0.3) is 5.79 Å². The minimum atomic E-state index is -0.502. The van der Waals surface area contributed by atoms with E-state index in [0.29, 0.717) is 0 Å². The highest BCUT2D eigenvalue weighted by molar-refractivity contribution is 5.03. The minimum Gasteiger partial charge on any atom is -0.233 e. The summed E-state index contributed by atoms with van der Waals surface area (Å²) in [5, 5.41) is 22.2. The summed E-state index contributed by atoms with van der Waals surface area (Å²) in [5.41, 5.74) is -0.00778. The average molecular weight is 225 g/mol. The largest absolute Gasteiger partial charge is 0.265 e. The molecule has 0 aromatic heterocycles. The number of hydrogen-bond acceptors (Lipinski definition) is 7. The second kappa shape index (κ2) is 3.05. The van der Waals surface area contributed by atoms with E-state index in [1.807, 2.05) is 36.2 Å². The summed E-state index contributed by atoms with van der Waals surface area (Å²) < 4.78 is 0. The highest BCUT2D eigenvalue weighted by Crippen LogP contribution is 2.44. The molecule has 1 atom stereocenters. The summed E-state index contributed by atoms with van der Waals surface area (Å²) in [7, 11) is 5.70. The van der Waals surface area contributed by atoms with Crippen molar-refractivity contribution in [3.8, 4) is 0 Å². The van der Waals surface area contributed by atoms with E-state index in [4.69, 9.17) is 0 Å². The zero-order valence-electron chi connectivity index (χ0n) is 10.7. The van der Waals surface area contributed by atoms with Crippen LogP contribution in [0.25, 0.3) is 0 Å². The lowest BCUT2D eigenvalue weighted by Crippen LogP contribution is -2.66. The summed E-state index contributed by atoms with van der Waals surface area (Å²) >= 11 is 0. The van der Waals surface area contributed by atoms with E-state index in [9.17, 15) is 0 Å². The van der Waals surface area contributed by atoms with E-state index < -0.39 is 5.79 Å². The summed E-state index contributed by atoms with van der Waals surface area (Å²) in [5.74, 6) is -0.502. The van der Waals surface area contributed by atoms with E-state index in [2.05, 4.69) is 41.6 Å². The van der Waals surface area contributed by atoms with Crippen LogP contribution in [0.5, 0.6) is 0 Å². The zero-order chi connectivity index (χ0) is 12.1. The fourth-order valence-electron chi connectivity index (χ4n) is 2.44. The maximum absolute atomic E-state index is 4.37. The van der Waals surface area contributed by atoms with Crippen LogP contribution in [-0.2, 0) is 0 Å². The standard InChI is InChI=1S/C9H19N7/c1-8(2,3)7-9(14(4)11-10-7)15(5)12-13-16(9)6/h7H,1-6H3. The van der Waals surface area contributed by atoms with Crippen LogP contribution >= 0.6 is 0 Å². The third-order valence-electron chi connectivity index (χ3n) is 3.23. The molecule has 0 bridgehead atoms. The van der Waals surface area contributed by atoms with Crippen molar-refractivity contribution in [2.24, 2.45) is 26.2 Å². The topological polar surface area (TPSA) is 59.2 Å². The first-order chi connectivity index (χ1) is 7.31. The van der Waals surface area contributed by atoms with Crippen molar-refractivity contribution in [1.29, 1.82) is 0 Å². The van der Waals surface area contributed by atoms with Crippen LogP contribution < -0.4 is 0 Å². The lowest BCUT2D eigenvalue weighted by molar-refractivity contribution is -0.119. The summed E-state index contributed by atoms with van der Waals surface area (Å²) in [4.78, 5) is 0. The van der Waals surface area contributed by atoms with Gasteiger partial charge in [-0.05, 0) is 15.9 Å². The Kier molecular flexibility index (Phi) is 2.12. The van der Waals surface area contributed by atoms with Crippen LogP contribution in [0.4, 0.5) is 0 Å². The van der Waals surface area contributed by atoms with Gasteiger partial charge < -0.3 is 0 Å². The second-order valence-corrected chi connectivity index (χ2v) is 5.41. The van der Waals surface area contributed by atoms with Crippen LogP contribution in [0.2, 0.25) is 0 Å². The van der Waals surface area contributed by atoms with Crippen LogP contribution in [0.1, 0.15) is 20.8 Å². The molecule has 2 heterocycles. The normalized spacial score (nSPS) is 27.6. The molecule has 1 spiro atoms. The van der Waals surface area contributed by atoms with Crippen LogP contribution in [0.15, 0.2) is 20.8 Å². The molecular formula is C9H19N7. The summed E-state index contributed by atoms with van der Waals surface area (Å²) in [6, 6.07) is -0.00463. The molecule has 0 aromatic rings. The Morgan fingerprint density at radius 1 is 0.875 bits per heavy atom. The van der Waals surface area contributed by atoms with E-state index in [1.54, 1.807) is 0 Å². The molecule has 2 aliphatic rings. The average Bonchev–Trinajstić information content (AvgIpc) is 2.64. The first-order valence-corrected chi connectivity index (χ1v) is 5.35. The van der Waals surface area contributed by atoms with Gasteiger partial charge in [-0.1, -0.05) is 26.0 Å². The summed E-state index contributed by atoms with van der Waals surface area (Å²) in [6.45, 7) is 6.45. The van der Waals surface area contributed by atoms with Gasteiger partial charge in [-0.15, -0.1) is 0 Å². The molecule has 0 N–H and O–H groups in total. The van der Waals surface area contributed by atoms with Gasteiger partial charge in [-0.25, -0.2) is 15.0 Å². The van der Waals surface area contributed by atoms with Crippen molar-refractivity contribution in [2.75, 3.05) is 21.1 Å². The highest BCUT2D eigenvalue weighted by atomic mass is 15.9. The third-order valence-corrected chi connectivity index (χ3v) is 3.23. The first kappa shape index (κ1) is 11.1. The highest BCUT2D eigenvalue weighted by Gasteiger charge is 2.60. The van der Waals surface area contributed by atoms with Gasteiger partial charge in [-0.3, -0.25) is 0 Å². The molecule has 0 amide bonds. The third kappa shape index (κ3) is 1.14. The lowest BCUT2D eigenvalue weighted by Gasteiger charge is -2.45. The van der Waals surface area contributed by atoms with Crippen molar-refractivity contribution in [2.45, 2.75) is 32.6 Å². The fourth-order valence-corrected chi connectivity index (χ4v) is 2.44. The molecule has 2 aliphatic heterocycles. The van der Waals surface area contributed by atoms with Crippen molar-refractivity contribution in [3.05, 3.63) is 0 Å². The van der Waals surface area contributed by atoms with E-state index in [-0.39, 0.29) is 11.5 Å². The fraction of sp³-hybridized carbons (Fsp3) is 1.00. The van der Waals surface area contributed by atoms with Crippen molar-refractivity contribution in [1.82, 2.24) is 15.0 Å². The molecule has 0 saturated heterocycles. The quantitative estimate of drug-likeness (QED) is 0.628. The van der Waals surface area contributed by atoms with Crippen LogP contribution in [-0.4, -0.2) is 48.0 Å². The van der Waals surface area contributed by atoms with Gasteiger partial charge in [0.05, 0.1) is 0 Å². The van der Waals surface area contributed by atoms with Crippen molar-refractivity contribution >= 4 is 0 Å². The molecule has 0 radical (unpaired) electrons. The second-order valence-electron chi connectivity index (χ2n) is 5.41. The zero-order valence-corrected chi connectivity index (χ0v) is 10.7. The molecular weight excluding hydrogens is 206 g/mol. The summed E-state index contributed by atoms with van der Waals surface area (Å²) in [6.07, 6.45) is 0. The molecule has 0 aliphatic carbocycles. The van der Waals surface area contributed by atoms with E-state index in [0.717, 1.165) is 0 Å². The smallest absolute Gasteiger partial charge is 0.233 e. The van der Waals surface area contributed by atoms with Crippen molar-refractivity contribution < 1.29 is 0 Å². The molecule has 90 valence electrons. The molecule has 0 aromatic carbocycles. The van der Waals surface area contributed by atoms with Crippen LogP contribution in [0, 0.1) is 5.41 Å². The first-order valence-electron chi connectivity index (χ1n) is 5.35. The molecule has 7 nitrogen and oxygen atoms in total. The van der Waals surface area contributed by atoms with Gasteiger partial charge in [-0.2, -0.15) is 5.11 Å². The monoisotopic (exact) mass is 225 g/mol. The lowest BCUT2D eigenvalue weighted by atomic mass is 9.82. The predicted molar refractivity (Wildman–Crippen MR) is 59.0 cm³/mol. The Morgan fingerprint density at radius 2 is 1.31 bits per heavy atom. The molecule has 1 unspecified atom stereocenters. The Balaban J connectivity index is 2.45.